The van der Waals surface area contributed by atoms with E-state index in [4.69, 9.17) is 0 Å². The van der Waals surface area contributed by atoms with Crippen molar-refractivity contribution in [1.82, 2.24) is 5.32 Å². The lowest BCUT2D eigenvalue weighted by atomic mass is 9.86. The molecule has 0 bridgehead atoms. The average molecular weight is 241 g/mol. The van der Waals surface area contributed by atoms with Gasteiger partial charge in [0.1, 0.15) is 0 Å². The van der Waals surface area contributed by atoms with Crippen LogP contribution in [0.5, 0.6) is 0 Å². The van der Waals surface area contributed by atoms with Gasteiger partial charge in [-0.1, -0.05) is 35.4 Å². The topological polar surface area (TPSA) is 12.0 Å². The molecule has 0 unspecified atom stereocenters. The number of rotatable bonds is 4. The van der Waals surface area contributed by atoms with Crippen molar-refractivity contribution in [2.45, 2.75) is 45.2 Å². The molecule has 0 aromatic heterocycles. The van der Waals surface area contributed by atoms with Crippen molar-refractivity contribution in [2.75, 3.05) is 0 Å². The van der Waals surface area contributed by atoms with Crippen molar-refractivity contribution in [3.63, 3.8) is 0 Å². The lowest BCUT2D eigenvalue weighted by Gasteiger charge is -2.33. The smallest absolute Gasteiger partial charge is 0.0362 e. The second-order valence-electron chi connectivity index (χ2n) is 5.64. The van der Waals surface area contributed by atoms with Gasteiger partial charge in [0, 0.05) is 12.1 Å². The van der Waals surface area contributed by atoms with Crippen molar-refractivity contribution in [3.05, 3.63) is 59.7 Å². The van der Waals surface area contributed by atoms with Crippen LogP contribution in [0.2, 0.25) is 0 Å². The molecule has 0 amide bonds. The van der Waals surface area contributed by atoms with Gasteiger partial charge in [0.15, 0.2) is 0 Å². The first-order valence-corrected chi connectivity index (χ1v) is 6.69. The molecule has 0 saturated heterocycles. The van der Waals surface area contributed by atoms with Crippen molar-refractivity contribution < 1.29 is 0 Å². The van der Waals surface area contributed by atoms with E-state index in [1.807, 2.05) is 0 Å². The number of fused-ring (bicyclic) bond motifs is 1. The van der Waals surface area contributed by atoms with E-state index in [9.17, 15) is 0 Å². The number of hydrogen-bond acceptors (Lipinski definition) is 1. The van der Waals surface area contributed by atoms with E-state index in [-0.39, 0.29) is 0 Å². The highest BCUT2D eigenvalue weighted by atomic mass is 15.0. The molecule has 0 spiro atoms. The summed E-state index contributed by atoms with van der Waals surface area (Å²) in [6.45, 7) is 12.3. The minimum Gasteiger partial charge on any atom is -0.306 e. The molecule has 1 heteroatoms. The number of hydrogen-bond donors (Lipinski definition) is 1. The molecular weight excluding hydrogens is 218 g/mol. The van der Waals surface area contributed by atoms with E-state index in [0.29, 0.717) is 12.1 Å². The summed E-state index contributed by atoms with van der Waals surface area (Å²) >= 11 is 0. The quantitative estimate of drug-likeness (QED) is 0.780. The van der Waals surface area contributed by atoms with Crippen LogP contribution >= 0.6 is 0 Å². The first-order chi connectivity index (χ1) is 8.56. The lowest BCUT2D eigenvalue weighted by Crippen LogP contribution is -2.39. The van der Waals surface area contributed by atoms with Gasteiger partial charge < -0.3 is 5.32 Å². The fourth-order valence-electron chi connectivity index (χ4n) is 2.83. The van der Waals surface area contributed by atoms with E-state index in [2.05, 4.69) is 56.6 Å². The summed E-state index contributed by atoms with van der Waals surface area (Å²) in [5, 5.41) is 3.75. The van der Waals surface area contributed by atoms with Gasteiger partial charge in [-0.15, -0.1) is 13.2 Å². The summed E-state index contributed by atoms with van der Waals surface area (Å²) in [5.41, 5.74) is 5.41. The Hall–Kier alpha value is -1.34. The van der Waals surface area contributed by atoms with Gasteiger partial charge in [0.05, 0.1) is 0 Å². The molecule has 0 aliphatic carbocycles. The van der Waals surface area contributed by atoms with Crippen LogP contribution in [0, 0.1) is 0 Å². The van der Waals surface area contributed by atoms with Crippen molar-refractivity contribution in [1.29, 1.82) is 0 Å². The van der Waals surface area contributed by atoms with Gasteiger partial charge in [0.2, 0.25) is 0 Å². The normalized spacial score (nSPS) is 22.3. The zero-order chi connectivity index (χ0) is 13.1. The second kappa shape index (κ2) is 5.53. The zero-order valence-corrected chi connectivity index (χ0v) is 11.5. The Balaban J connectivity index is 2.23. The molecule has 18 heavy (non-hydrogen) atoms. The van der Waals surface area contributed by atoms with Gasteiger partial charge in [-0.2, -0.15) is 0 Å². The molecule has 1 heterocycles. The SMILES string of the molecule is C=C(C)C[C@H]1Cc2ccccc2[C@@H](CC(=C)C)N1. The Labute approximate surface area is 111 Å². The average Bonchev–Trinajstić information content (AvgIpc) is 2.27. The van der Waals surface area contributed by atoms with Crippen LogP contribution < -0.4 is 5.32 Å². The van der Waals surface area contributed by atoms with Gasteiger partial charge in [0.25, 0.3) is 0 Å². The summed E-state index contributed by atoms with van der Waals surface area (Å²) < 4.78 is 0. The number of nitrogens with one attached hydrogen (secondary N) is 1. The van der Waals surface area contributed by atoms with Crippen LogP contribution in [0.25, 0.3) is 0 Å². The summed E-state index contributed by atoms with van der Waals surface area (Å²) in [7, 11) is 0. The third-order valence-corrected chi connectivity index (χ3v) is 3.48. The maximum Gasteiger partial charge on any atom is 0.0362 e. The standard InChI is InChI=1S/C17H23N/c1-12(2)9-15-11-14-7-5-6-8-16(14)17(18-15)10-13(3)4/h5-8,15,17-18H,1,3,9-11H2,2,4H3/t15-,17+/m0/s1. The van der Waals surface area contributed by atoms with Crippen molar-refractivity contribution in [3.8, 4) is 0 Å². The maximum absolute atomic E-state index is 4.05. The van der Waals surface area contributed by atoms with Crippen LogP contribution in [0.1, 0.15) is 43.9 Å². The van der Waals surface area contributed by atoms with Crippen molar-refractivity contribution >= 4 is 0 Å². The fourth-order valence-corrected chi connectivity index (χ4v) is 2.83. The largest absolute Gasteiger partial charge is 0.306 e. The Kier molecular flexibility index (Phi) is 4.03. The maximum atomic E-state index is 4.05. The molecule has 1 N–H and O–H groups in total. The van der Waals surface area contributed by atoms with E-state index in [0.717, 1.165) is 19.3 Å². The minimum absolute atomic E-state index is 0.414. The van der Waals surface area contributed by atoms with Gasteiger partial charge in [-0.25, -0.2) is 0 Å². The molecule has 1 aliphatic rings. The monoisotopic (exact) mass is 241 g/mol. The summed E-state index contributed by atoms with van der Waals surface area (Å²) in [6, 6.07) is 9.70. The molecule has 96 valence electrons. The van der Waals surface area contributed by atoms with E-state index >= 15 is 0 Å². The molecule has 1 nitrogen and oxygen atoms in total. The highest BCUT2D eigenvalue weighted by molar-refractivity contribution is 5.34. The van der Waals surface area contributed by atoms with Gasteiger partial charge >= 0.3 is 0 Å². The first-order valence-electron chi connectivity index (χ1n) is 6.69. The zero-order valence-electron chi connectivity index (χ0n) is 11.5. The van der Waals surface area contributed by atoms with Gasteiger partial charge in [-0.3, -0.25) is 0 Å². The van der Waals surface area contributed by atoms with Crippen LogP contribution in [0.4, 0.5) is 0 Å². The van der Waals surface area contributed by atoms with Crippen LogP contribution in [-0.2, 0) is 6.42 Å². The first kappa shape index (κ1) is 13.1. The van der Waals surface area contributed by atoms with E-state index in [1.54, 1.807) is 0 Å². The third kappa shape index (κ3) is 3.11. The van der Waals surface area contributed by atoms with Crippen molar-refractivity contribution in [2.24, 2.45) is 0 Å². The predicted molar refractivity (Wildman–Crippen MR) is 78.7 cm³/mol. The molecule has 0 saturated carbocycles. The summed E-state index contributed by atoms with van der Waals surface area (Å²) in [6.07, 6.45) is 3.18. The highest BCUT2D eigenvalue weighted by Gasteiger charge is 2.25. The Bertz CT molecular complexity index is 458. The molecule has 1 aromatic rings. The van der Waals surface area contributed by atoms with E-state index < -0.39 is 0 Å². The minimum atomic E-state index is 0.414. The predicted octanol–water partition coefficient (Wildman–Crippen LogP) is 4.17. The summed E-state index contributed by atoms with van der Waals surface area (Å²) in [5.74, 6) is 0. The molecule has 2 rings (SSSR count). The van der Waals surface area contributed by atoms with E-state index in [1.165, 1.54) is 22.3 Å². The molecular formula is C17H23N. The Morgan fingerprint density at radius 2 is 1.83 bits per heavy atom. The highest BCUT2D eigenvalue weighted by Crippen LogP contribution is 2.30. The molecule has 1 aromatic carbocycles. The third-order valence-electron chi connectivity index (χ3n) is 3.48. The van der Waals surface area contributed by atoms with Crippen LogP contribution in [0.15, 0.2) is 48.6 Å². The van der Waals surface area contributed by atoms with Crippen LogP contribution in [0.3, 0.4) is 0 Å². The Morgan fingerprint density at radius 3 is 2.50 bits per heavy atom. The second-order valence-corrected chi connectivity index (χ2v) is 5.64. The van der Waals surface area contributed by atoms with Crippen LogP contribution in [-0.4, -0.2) is 6.04 Å². The molecule has 0 fully saturated rings. The molecule has 0 radical (unpaired) electrons. The summed E-state index contributed by atoms with van der Waals surface area (Å²) in [4.78, 5) is 0. The fraction of sp³-hybridized carbons (Fsp3) is 0.412. The number of benzene rings is 1. The lowest BCUT2D eigenvalue weighted by molar-refractivity contribution is 0.397. The molecule has 1 aliphatic heterocycles. The molecule has 2 atom stereocenters. The van der Waals surface area contributed by atoms with Gasteiger partial charge in [-0.05, 0) is 44.2 Å². The Morgan fingerprint density at radius 1 is 1.17 bits per heavy atom.